The number of fused-ring (bicyclic) bond motifs is 1. The molecule has 0 aliphatic heterocycles. The second-order valence-corrected chi connectivity index (χ2v) is 15.0. The Balaban J connectivity index is 1.83. The van der Waals surface area contributed by atoms with E-state index in [1.807, 2.05) is 0 Å². The molecule has 0 N–H and O–H groups in total. The summed E-state index contributed by atoms with van der Waals surface area (Å²) in [4.78, 5) is 13.3. The largest absolute Gasteiger partial charge is 0.377 e. The molecule has 2 aromatic rings. The second-order valence-electron chi connectivity index (χ2n) is 11.0. The van der Waals surface area contributed by atoms with Crippen LogP contribution in [-0.4, -0.2) is 41.1 Å². The molecule has 0 radical (unpaired) electrons. The van der Waals surface area contributed by atoms with Crippen LogP contribution in [0.5, 0.6) is 0 Å². The molecular formula is C30H32O6S2. The van der Waals surface area contributed by atoms with Crippen molar-refractivity contribution < 1.29 is 26.4 Å². The third kappa shape index (κ3) is 4.63. The maximum atomic E-state index is 14.4. The van der Waals surface area contributed by atoms with Crippen molar-refractivity contribution in [2.75, 3.05) is 7.11 Å². The highest BCUT2D eigenvalue weighted by molar-refractivity contribution is 7.95. The molecule has 5 rings (SSSR count). The summed E-state index contributed by atoms with van der Waals surface area (Å²) in [6, 6.07) is 16.3. The van der Waals surface area contributed by atoms with Gasteiger partial charge in [-0.1, -0.05) is 50.2 Å². The topological polar surface area (TPSA) is 94.6 Å². The van der Waals surface area contributed by atoms with Crippen LogP contribution in [-0.2, 0) is 29.2 Å². The molecule has 2 unspecified atom stereocenters. The first-order chi connectivity index (χ1) is 18.0. The Bertz CT molecular complexity index is 1580. The molecular weight excluding hydrogens is 520 g/mol. The number of rotatable bonds is 5. The molecule has 0 bridgehead atoms. The highest BCUT2D eigenvalue weighted by Crippen LogP contribution is 2.51. The maximum Gasteiger partial charge on any atom is 0.207 e. The van der Waals surface area contributed by atoms with E-state index in [1.54, 1.807) is 67.8 Å². The third-order valence-corrected chi connectivity index (χ3v) is 11.9. The van der Waals surface area contributed by atoms with Crippen molar-refractivity contribution in [2.24, 2.45) is 5.41 Å². The van der Waals surface area contributed by atoms with Gasteiger partial charge < -0.3 is 4.74 Å². The quantitative estimate of drug-likeness (QED) is 0.494. The van der Waals surface area contributed by atoms with E-state index in [-0.39, 0.29) is 44.8 Å². The summed E-state index contributed by atoms with van der Waals surface area (Å²) >= 11 is 0. The van der Waals surface area contributed by atoms with E-state index in [0.29, 0.717) is 36.0 Å². The number of sulfone groups is 2. The van der Waals surface area contributed by atoms with Crippen molar-refractivity contribution >= 4 is 25.5 Å². The van der Waals surface area contributed by atoms with E-state index in [2.05, 4.69) is 13.8 Å². The van der Waals surface area contributed by atoms with Gasteiger partial charge in [0.05, 0.1) is 26.1 Å². The number of hydrogen-bond acceptors (Lipinski definition) is 6. The van der Waals surface area contributed by atoms with Gasteiger partial charge >= 0.3 is 0 Å². The fourth-order valence-corrected chi connectivity index (χ4v) is 9.73. The lowest BCUT2D eigenvalue weighted by molar-refractivity contribution is -0.113. The van der Waals surface area contributed by atoms with Crippen molar-refractivity contribution in [1.29, 1.82) is 0 Å². The summed E-state index contributed by atoms with van der Waals surface area (Å²) in [7, 11) is -6.39. The molecule has 0 fully saturated rings. The lowest BCUT2D eigenvalue weighted by Crippen LogP contribution is -2.35. The van der Waals surface area contributed by atoms with E-state index in [4.69, 9.17) is 4.74 Å². The fourth-order valence-electron chi connectivity index (χ4n) is 6.10. The standard InChI is InChI=1S/C30H32O6S2/c1-30(2)18-26-23(27(19-30)36-3)14-15-28(37(32,33)21-10-6-4-7-11-21)24-16-20(31)17-25(24)29(26)38(34,35)22-12-8-5-9-13-22/h4-13,16,27-28H,14-15,17-19H2,1-3H3/b29-25+. The smallest absolute Gasteiger partial charge is 0.207 e. The van der Waals surface area contributed by atoms with Crippen LogP contribution in [0.3, 0.4) is 0 Å². The molecule has 6 nitrogen and oxygen atoms in total. The van der Waals surface area contributed by atoms with E-state index in [1.165, 1.54) is 6.08 Å². The van der Waals surface area contributed by atoms with Gasteiger partial charge in [0.15, 0.2) is 15.6 Å². The summed E-state index contributed by atoms with van der Waals surface area (Å²) in [5, 5.41) is -1.05. The van der Waals surface area contributed by atoms with Crippen molar-refractivity contribution in [3.05, 3.63) is 93.9 Å². The molecule has 0 saturated carbocycles. The van der Waals surface area contributed by atoms with Crippen molar-refractivity contribution in [1.82, 2.24) is 0 Å². The van der Waals surface area contributed by atoms with Crippen molar-refractivity contribution in [3.8, 4) is 0 Å². The number of benzene rings is 2. The van der Waals surface area contributed by atoms with Crippen LogP contribution >= 0.6 is 0 Å². The Labute approximate surface area is 224 Å². The van der Waals surface area contributed by atoms with Gasteiger partial charge in [0.25, 0.3) is 0 Å². The highest BCUT2D eigenvalue weighted by Gasteiger charge is 2.45. The molecule has 38 heavy (non-hydrogen) atoms. The summed E-state index contributed by atoms with van der Waals surface area (Å²) in [6.07, 6.45) is 2.63. The predicted molar refractivity (Wildman–Crippen MR) is 146 cm³/mol. The SMILES string of the molecule is COC1CC(C)(C)CC2=C1CCC(S(=O)(=O)c1ccccc1)C1=CC(=O)C/C1=C/2S(=O)(=O)c1ccccc1. The van der Waals surface area contributed by atoms with Gasteiger partial charge in [-0.05, 0) is 83.7 Å². The zero-order valence-corrected chi connectivity index (χ0v) is 23.4. The molecule has 3 aliphatic rings. The Morgan fingerprint density at radius 3 is 2.08 bits per heavy atom. The van der Waals surface area contributed by atoms with E-state index in [0.717, 1.165) is 5.57 Å². The summed E-state index contributed by atoms with van der Waals surface area (Å²) in [5.74, 6) is -0.286. The minimum atomic E-state index is -4.09. The Kier molecular flexibility index (Phi) is 6.86. The van der Waals surface area contributed by atoms with Gasteiger partial charge in [-0.25, -0.2) is 16.8 Å². The number of allylic oxidation sites excluding steroid dienone is 3. The van der Waals surface area contributed by atoms with Crippen LogP contribution in [0.2, 0.25) is 0 Å². The van der Waals surface area contributed by atoms with Crippen molar-refractivity contribution in [2.45, 2.75) is 67.1 Å². The minimum Gasteiger partial charge on any atom is -0.377 e. The molecule has 2 aromatic carbocycles. The monoisotopic (exact) mass is 552 g/mol. The number of methoxy groups -OCH3 is 1. The summed E-state index contributed by atoms with van der Waals surface area (Å²) in [5.41, 5.74) is 1.85. The predicted octanol–water partition coefficient (Wildman–Crippen LogP) is 5.38. The van der Waals surface area contributed by atoms with Crippen LogP contribution in [0.1, 0.15) is 46.0 Å². The molecule has 0 aromatic heterocycles. The molecule has 0 amide bonds. The molecule has 2 atom stereocenters. The molecule has 0 heterocycles. The maximum absolute atomic E-state index is 14.4. The van der Waals surface area contributed by atoms with E-state index >= 15 is 0 Å². The molecule has 0 saturated heterocycles. The number of ether oxygens (including phenoxy) is 1. The summed E-state index contributed by atoms with van der Waals surface area (Å²) in [6.45, 7) is 4.16. The van der Waals surface area contributed by atoms with Gasteiger partial charge in [0.2, 0.25) is 9.84 Å². The zero-order valence-electron chi connectivity index (χ0n) is 21.8. The zero-order chi connectivity index (χ0) is 27.3. The lowest BCUT2D eigenvalue weighted by atomic mass is 9.70. The van der Waals surface area contributed by atoms with Crippen molar-refractivity contribution in [3.63, 3.8) is 0 Å². The first-order valence-electron chi connectivity index (χ1n) is 12.8. The summed E-state index contributed by atoms with van der Waals surface area (Å²) < 4.78 is 62.6. The fraction of sp³-hybridized carbons (Fsp3) is 0.367. The minimum absolute atomic E-state index is 0.0820. The average molecular weight is 553 g/mol. The highest BCUT2D eigenvalue weighted by atomic mass is 32.2. The number of ketones is 1. The lowest BCUT2D eigenvalue weighted by Gasteiger charge is -2.40. The Morgan fingerprint density at radius 2 is 1.47 bits per heavy atom. The van der Waals surface area contributed by atoms with Crippen LogP contribution in [0.4, 0.5) is 0 Å². The van der Waals surface area contributed by atoms with E-state index < -0.39 is 24.9 Å². The molecule has 0 spiro atoms. The average Bonchev–Trinajstić information content (AvgIpc) is 3.24. The molecule has 3 aliphatic carbocycles. The second kappa shape index (κ2) is 9.74. The third-order valence-electron chi connectivity index (χ3n) is 7.81. The van der Waals surface area contributed by atoms with E-state index in [9.17, 15) is 21.6 Å². The first-order valence-corrected chi connectivity index (χ1v) is 15.8. The first kappa shape index (κ1) is 26.8. The Hall–Kier alpha value is -2.81. The molecule has 8 heteroatoms. The van der Waals surface area contributed by atoms with Crippen LogP contribution in [0.25, 0.3) is 0 Å². The Morgan fingerprint density at radius 1 is 0.868 bits per heavy atom. The van der Waals surface area contributed by atoms with Gasteiger partial charge in [0, 0.05) is 13.5 Å². The van der Waals surface area contributed by atoms with Crippen LogP contribution in [0.15, 0.2) is 104 Å². The van der Waals surface area contributed by atoms with Crippen LogP contribution < -0.4 is 0 Å². The molecule has 200 valence electrons. The van der Waals surface area contributed by atoms with Gasteiger partial charge in [-0.2, -0.15) is 0 Å². The number of carbonyl (C=O) groups is 1. The van der Waals surface area contributed by atoms with Gasteiger partial charge in [0.1, 0.15) is 0 Å². The van der Waals surface area contributed by atoms with Gasteiger partial charge in [-0.15, -0.1) is 0 Å². The van der Waals surface area contributed by atoms with Gasteiger partial charge in [-0.3, -0.25) is 4.79 Å². The number of hydrogen-bond donors (Lipinski definition) is 0. The number of carbonyl (C=O) groups excluding carboxylic acids is 1. The normalized spacial score (nSPS) is 25.8. The van der Waals surface area contributed by atoms with Crippen LogP contribution in [0, 0.1) is 5.41 Å².